The van der Waals surface area contributed by atoms with E-state index in [0.29, 0.717) is 30.0 Å². The molecule has 1 saturated heterocycles. The number of amides is 1. The number of nitrogens with zero attached hydrogens (tertiary/aromatic N) is 5. The molecular weight excluding hydrogens is 615 g/mol. The maximum Gasteiger partial charge on any atom is 0.433 e. The van der Waals surface area contributed by atoms with Gasteiger partial charge in [0, 0.05) is 36.4 Å². The number of rotatable bonds is 7. The highest BCUT2D eigenvalue weighted by Gasteiger charge is 2.32. The minimum Gasteiger partial charge on any atom is -0.476 e. The zero-order chi connectivity index (χ0) is 31.6. The number of halogens is 4. The van der Waals surface area contributed by atoms with E-state index in [9.17, 15) is 22.8 Å². The zero-order valence-electron chi connectivity index (χ0n) is 24.2. The quantitative estimate of drug-likeness (QED) is 0.207. The number of hydrogen-bond donors (Lipinski definition) is 0. The summed E-state index contributed by atoms with van der Waals surface area (Å²) in [5.74, 6) is -0.0737. The van der Waals surface area contributed by atoms with Crippen molar-refractivity contribution < 1.29 is 22.7 Å². The van der Waals surface area contributed by atoms with Gasteiger partial charge in [0.25, 0.3) is 11.5 Å². The molecule has 1 fully saturated rings. The lowest BCUT2D eigenvalue weighted by Crippen LogP contribution is -2.37. The van der Waals surface area contributed by atoms with Crippen molar-refractivity contribution >= 4 is 34.9 Å². The molecule has 1 aliphatic heterocycles. The molecule has 4 aromatic rings. The topological polar surface area (TPSA) is 90.2 Å². The van der Waals surface area contributed by atoms with E-state index in [4.69, 9.17) is 16.3 Å². The molecule has 0 saturated carbocycles. The van der Waals surface area contributed by atoms with E-state index >= 15 is 0 Å². The highest BCUT2D eigenvalue weighted by molar-refractivity contribution is 7.13. The molecule has 44 heavy (non-hydrogen) atoms. The van der Waals surface area contributed by atoms with Gasteiger partial charge in [-0.3, -0.25) is 19.1 Å². The molecule has 13 heteroatoms. The molecule has 230 valence electrons. The Morgan fingerprint density at radius 1 is 1.11 bits per heavy atom. The van der Waals surface area contributed by atoms with Crippen molar-refractivity contribution in [2.45, 2.75) is 46.2 Å². The number of carbonyl (C=O) groups excluding carboxylic acids is 1. The number of aromatic nitrogens is 4. The lowest BCUT2D eigenvalue weighted by atomic mass is 10.0. The average molecular weight is 644 g/mol. The Kier molecular flexibility index (Phi) is 9.21. The van der Waals surface area contributed by atoms with Gasteiger partial charge in [-0.1, -0.05) is 17.2 Å². The van der Waals surface area contributed by atoms with Crippen LogP contribution in [0.2, 0.25) is 5.02 Å². The smallest absolute Gasteiger partial charge is 0.433 e. The molecule has 5 heterocycles. The Morgan fingerprint density at radius 2 is 1.86 bits per heavy atom. The monoisotopic (exact) mass is 643 g/mol. The second-order valence-electron chi connectivity index (χ2n) is 10.5. The highest BCUT2D eigenvalue weighted by atomic mass is 35.5. The molecule has 5 rings (SSSR count). The first-order valence-electron chi connectivity index (χ1n) is 14.0. The van der Waals surface area contributed by atoms with Crippen LogP contribution in [0.15, 0.2) is 52.4 Å². The third kappa shape index (κ3) is 6.56. The van der Waals surface area contributed by atoms with E-state index in [2.05, 4.69) is 15.0 Å². The summed E-state index contributed by atoms with van der Waals surface area (Å²) in [6, 6.07) is 5.27. The fraction of sp³-hybridized carbons (Fsp3) is 0.323. The number of thiazole rings is 1. The van der Waals surface area contributed by atoms with Crippen molar-refractivity contribution in [1.29, 1.82) is 0 Å². The minimum atomic E-state index is -4.57. The Hall–Kier alpha value is -4.03. The van der Waals surface area contributed by atoms with Gasteiger partial charge in [0.05, 0.1) is 34.1 Å². The number of ether oxygens (including phenoxy) is 1. The maximum absolute atomic E-state index is 14.4. The van der Waals surface area contributed by atoms with Crippen molar-refractivity contribution in [3.8, 4) is 33.4 Å². The summed E-state index contributed by atoms with van der Waals surface area (Å²) in [4.78, 5) is 42.7. The molecule has 0 atom stereocenters. The van der Waals surface area contributed by atoms with E-state index < -0.39 is 17.4 Å². The highest BCUT2D eigenvalue weighted by Crippen LogP contribution is 2.33. The summed E-state index contributed by atoms with van der Waals surface area (Å²) in [5, 5.41) is 2.17. The standard InChI is InChI=1S/C31H29ClF3N5O3S/c1-4-43-27-25(13-20(32)16-37-27)40-24(12-18(2)3)21(29(41)39-10-6-5-7-11-39)14-22(30(40)42)28-38-23(17-44-28)19-8-9-26(36-15-19)31(33,34)35/h8-9,12-17H,4-7,10-11H2,1-3H3. The van der Waals surface area contributed by atoms with Gasteiger partial charge >= 0.3 is 6.18 Å². The van der Waals surface area contributed by atoms with E-state index in [1.54, 1.807) is 35.4 Å². The van der Waals surface area contributed by atoms with Crippen molar-refractivity contribution in [3.63, 3.8) is 0 Å². The molecule has 0 radical (unpaired) electrons. The third-order valence-electron chi connectivity index (χ3n) is 6.94. The number of alkyl halides is 3. The first-order valence-corrected chi connectivity index (χ1v) is 15.3. The molecule has 1 aliphatic rings. The normalized spacial score (nSPS) is 13.6. The number of piperidine rings is 1. The summed E-state index contributed by atoms with van der Waals surface area (Å²) in [6.45, 7) is 6.96. The van der Waals surface area contributed by atoms with Crippen LogP contribution in [0, 0.1) is 0 Å². The summed E-state index contributed by atoms with van der Waals surface area (Å²) in [7, 11) is 0. The summed E-state index contributed by atoms with van der Waals surface area (Å²) in [6.07, 6.45) is 2.48. The van der Waals surface area contributed by atoms with E-state index in [-0.39, 0.29) is 45.2 Å². The SMILES string of the molecule is CCOc1ncc(Cl)cc1-n1c(C=C(C)C)c(C(=O)N2CCCCC2)cc(-c2nc(-c3ccc(C(F)(F)F)nc3)cs2)c1=O. The number of carbonyl (C=O) groups is 1. The van der Waals surface area contributed by atoms with Crippen LogP contribution in [-0.2, 0) is 6.18 Å². The second kappa shape index (κ2) is 12.9. The molecule has 8 nitrogen and oxygen atoms in total. The van der Waals surface area contributed by atoms with E-state index in [1.807, 2.05) is 13.8 Å². The van der Waals surface area contributed by atoms with Crippen LogP contribution in [0.25, 0.3) is 33.6 Å². The van der Waals surface area contributed by atoms with Crippen LogP contribution in [0.5, 0.6) is 5.88 Å². The summed E-state index contributed by atoms with van der Waals surface area (Å²) in [5.41, 5.74) is 1.06. The Bertz CT molecular complexity index is 1770. The van der Waals surface area contributed by atoms with Crippen LogP contribution in [0.4, 0.5) is 13.2 Å². The predicted octanol–water partition coefficient (Wildman–Crippen LogP) is 7.54. The van der Waals surface area contributed by atoms with Crippen molar-refractivity contribution in [3.05, 3.63) is 79.9 Å². The number of hydrogen-bond acceptors (Lipinski definition) is 7. The third-order valence-corrected chi connectivity index (χ3v) is 8.03. The first-order chi connectivity index (χ1) is 21.0. The van der Waals surface area contributed by atoms with Crippen LogP contribution in [0.3, 0.4) is 0 Å². The summed E-state index contributed by atoms with van der Waals surface area (Å²) < 4.78 is 46.3. The molecule has 0 bridgehead atoms. The van der Waals surface area contributed by atoms with E-state index in [1.165, 1.54) is 16.8 Å². The Balaban J connectivity index is 1.75. The fourth-order valence-electron chi connectivity index (χ4n) is 4.94. The van der Waals surface area contributed by atoms with Gasteiger partial charge in [0.15, 0.2) is 0 Å². The molecule has 0 N–H and O–H groups in total. The second-order valence-corrected chi connectivity index (χ2v) is 11.7. The molecule has 4 aromatic heterocycles. The Morgan fingerprint density at radius 3 is 2.50 bits per heavy atom. The van der Waals surface area contributed by atoms with Gasteiger partial charge in [-0.2, -0.15) is 13.2 Å². The summed E-state index contributed by atoms with van der Waals surface area (Å²) >= 11 is 7.49. The van der Waals surface area contributed by atoms with Gasteiger partial charge < -0.3 is 9.64 Å². The largest absolute Gasteiger partial charge is 0.476 e. The van der Waals surface area contributed by atoms with Gasteiger partial charge in [0.1, 0.15) is 16.4 Å². The molecule has 0 spiro atoms. The molecular formula is C31H29ClF3N5O3S. The van der Waals surface area contributed by atoms with Gasteiger partial charge in [-0.25, -0.2) is 9.97 Å². The van der Waals surface area contributed by atoms with Crippen molar-refractivity contribution in [1.82, 2.24) is 24.4 Å². The number of allylic oxidation sites excluding steroid dienone is 1. The minimum absolute atomic E-state index is 0.134. The lowest BCUT2D eigenvalue weighted by Gasteiger charge is -2.28. The molecule has 1 amide bonds. The average Bonchev–Trinajstić information content (AvgIpc) is 3.48. The Labute approximate surface area is 260 Å². The zero-order valence-corrected chi connectivity index (χ0v) is 25.8. The molecule has 0 aromatic carbocycles. The van der Waals surface area contributed by atoms with Gasteiger partial charge in [-0.15, -0.1) is 11.3 Å². The fourth-order valence-corrected chi connectivity index (χ4v) is 5.93. The molecule has 0 unspecified atom stereocenters. The van der Waals surface area contributed by atoms with Crippen molar-refractivity contribution in [2.75, 3.05) is 19.7 Å². The first kappa shape index (κ1) is 31.4. The predicted molar refractivity (Wildman–Crippen MR) is 164 cm³/mol. The number of pyridine rings is 3. The number of likely N-dealkylation sites (tertiary alicyclic amines) is 1. The van der Waals surface area contributed by atoms with Crippen LogP contribution in [-0.4, -0.2) is 50.0 Å². The van der Waals surface area contributed by atoms with Gasteiger partial charge in [0.2, 0.25) is 5.88 Å². The van der Waals surface area contributed by atoms with Crippen molar-refractivity contribution in [2.24, 2.45) is 0 Å². The van der Waals surface area contributed by atoms with Gasteiger partial charge in [-0.05, 0) is 70.4 Å². The molecule has 0 aliphatic carbocycles. The van der Waals surface area contributed by atoms with Crippen LogP contribution in [0.1, 0.15) is 61.8 Å². The van der Waals surface area contributed by atoms with Crippen LogP contribution >= 0.6 is 22.9 Å². The van der Waals surface area contributed by atoms with E-state index in [0.717, 1.165) is 48.4 Å². The maximum atomic E-state index is 14.4. The lowest BCUT2D eigenvalue weighted by molar-refractivity contribution is -0.141. The van der Waals surface area contributed by atoms with Crippen LogP contribution < -0.4 is 10.3 Å².